The zero-order chi connectivity index (χ0) is 11.5. The van der Waals surface area contributed by atoms with E-state index in [-0.39, 0.29) is 6.04 Å². The summed E-state index contributed by atoms with van der Waals surface area (Å²) in [4.78, 5) is 4.19. The number of aryl methyl sites for hydroxylation is 1. The average molecular weight is 349 g/mol. The van der Waals surface area contributed by atoms with Crippen LogP contribution in [-0.2, 0) is 13.5 Å². The maximum atomic E-state index is 5.58. The van der Waals surface area contributed by atoms with Gasteiger partial charge in [-0.05, 0) is 39.6 Å². The molecule has 1 atom stereocenters. The summed E-state index contributed by atoms with van der Waals surface area (Å²) < 4.78 is 3.02. The van der Waals surface area contributed by atoms with Gasteiger partial charge < -0.3 is 0 Å². The molecule has 7 heteroatoms. The Labute approximate surface area is 111 Å². The number of halogens is 1. The predicted octanol–water partition coefficient (Wildman–Crippen LogP) is 1.23. The third kappa shape index (κ3) is 2.59. The molecule has 0 aliphatic carbocycles. The van der Waals surface area contributed by atoms with Crippen molar-refractivity contribution in [1.82, 2.24) is 20.2 Å². The Morgan fingerprint density at radius 3 is 3.00 bits per heavy atom. The number of nitrogens with two attached hydrogens (primary N) is 1. The van der Waals surface area contributed by atoms with Crippen LogP contribution in [0.15, 0.2) is 17.8 Å². The van der Waals surface area contributed by atoms with Crippen LogP contribution in [0.3, 0.4) is 0 Å². The van der Waals surface area contributed by atoms with E-state index in [1.54, 1.807) is 22.3 Å². The first-order valence-corrected chi connectivity index (χ1v) is 6.69. The van der Waals surface area contributed by atoms with Gasteiger partial charge in [-0.3, -0.25) is 16.0 Å². The zero-order valence-corrected chi connectivity index (χ0v) is 11.7. The van der Waals surface area contributed by atoms with E-state index in [1.165, 1.54) is 8.45 Å². The van der Waals surface area contributed by atoms with Gasteiger partial charge >= 0.3 is 0 Å². The van der Waals surface area contributed by atoms with Crippen molar-refractivity contribution in [2.45, 2.75) is 12.5 Å². The van der Waals surface area contributed by atoms with E-state index < -0.39 is 0 Å². The number of aromatic nitrogens is 3. The third-order valence-corrected chi connectivity index (χ3v) is 4.19. The lowest BCUT2D eigenvalue weighted by atomic mass is 10.1. The first kappa shape index (κ1) is 12.0. The molecule has 1 unspecified atom stereocenters. The Balaban J connectivity index is 2.15. The van der Waals surface area contributed by atoms with Gasteiger partial charge in [0, 0.05) is 13.5 Å². The standard InChI is InChI=1S/C9H12IN5S/c1-15-9(12-5-13-15)3-7(14-11)6-2-8(10)16-4-6/h2,4-5,7,14H,3,11H2,1H3. The van der Waals surface area contributed by atoms with Gasteiger partial charge in [0.25, 0.3) is 0 Å². The molecule has 0 aromatic carbocycles. The van der Waals surface area contributed by atoms with Crippen molar-refractivity contribution in [2.75, 3.05) is 0 Å². The first-order chi connectivity index (χ1) is 7.70. The molecule has 86 valence electrons. The summed E-state index contributed by atoms with van der Waals surface area (Å²) in [6.07, 6.45) is 2.29. The third-order valence-electron chi connectivity index (χ3n) is 2.38. The maximum absolute atomic E-state index is 5.58. The molecule has 0 radical (unpaired) electrons. The lowest BCUT2D eigenvalue weighted by Gasteiger charge is -2.13. The van der Waals surface area contributed by atoms with Crippen LogP contribution in [0.2, 0.25) is 0 Å². The number of thiophene rings is 1. The molecule has 2 heterocycles. The second kappa shape index (κ2) is 5.21. The van der Waals surface area contributed by atoms with Crippen molar-refractivity contribution in [2.24, 2.45) is 12.9 Å². The van der Waals surface area contributed by atoms with Crippen LogP contribution in [0.5, 0.6) is 0 Å². The van der Waals surface area contributed by atoms with Crippen molar-refractivity contribution < 1.29 is 0 Å². The average Bonchev–Trinajstić information content (AvgIpc) is 2.85. The summed E-state index contributed by atoms with van der Waals surface area (Å²) in [5.41, 5.74) is 4.01. The van der Waals surface area contributed by atoms with Crippen LogP contribution in [0.25, 0.3) is 0 Å². The fraction of sp³-hybridized carbons (Fsp3) is 0.333. The van der Waals surface area contributed by atoms with Gasteiger partial charge in [-0.25, -0.2) is 4.98 Å². The zero-order valence-electron chi connectivity index (χ0n) is 8.72. The normalized spacial score (nSPS) is 12.9. The highest BCUT2D eigenvalue weighted by Gasteiger charge is 2.14. The van der Waals surface area contributed by atoms with E-state index in [2.05, 4.69) is 49.5 Å². The van der Waals surface area contributed by atoms with Crippen LogP contribution in [0.4, 0.5) is 0 Å². The van der Waals surface area contributed by atoms with Crippen molar-refractivity contribution in [3.8, 4) is 0 Å². The smallest absolute Gasteiger partial charge is 0.138 e. The lowest BCUT2D eigenvalue weighted by molar-refractivity contribution is 0.524. The Morgan fingerprint density at radius 1 is 1.69 bits per heavy atom. The van der Waals surface area contributed by atoms with Gasteiger partial charge in [0.1, 0.15) is 12.2 Å². The summed E-state index contributed by atoms with van der Waals surface area (Å²) in [5, 5.41) is 6.15. The van der Waals surface area contributed by atoms with E-state index in [9.17, 15) is 0 Å². The number of hydrogen-bond acceptors (Lipinski definition) is 5. The SMILES string of the molecule is Cn1ncnc1CC(NN)c1csc(I)c1. The molecule has 2 aromatic rings. The molecular formula is C9H12IN5S. The fourth-order valence-corrected chi connectivity index (χ4v) is 2.89. The summed E-state index contributed by atoms with van der Waals surface area (Å²) in [7, 11) is 1.88. The molecule has 16 heavy (non-hydrogen) atoms. The minimum Gasteiger partial charge on any atom is -0.271 e. The van der Waals surface area contributed by atoms with E-state index in [4.69, 9.17) is 5.84 Å². The van der Waals surface area contributed by atoms with Gasteiger partial charge in [-0.15, -0.1) is 11.3 Å². The molecule has 0 aliphatic rings. The number of nitrogens with one attached hydrogen (secondary N) is 1. The van der Waals surface area contributed by atoms with Gasteiger partial charge in [0.15, 0.2) is 0 Å². The van der Waals surface area contributed by atoms with Crippen LogP contribution >= 0.6 is 33.9 Å². The predicted molar refractivity (Wildman–Crippen MR) is 71.8 cm³/mol. The summed E-state index contributed by atoms with van der Waals surface area (Å²) in [6.45, 7) is 0. The Bertz CT molecular complexity index is 466. The van der Waals surface area contributed by atoms with Crippen LogP contribution in [0, 0.1) is 2.88 Å². The number of hydrazine groups is 1. The van der Waals surface area contributed by atoms with Crippen molar-refractivity contribution in [1.29, 1.82) is 0 Å². The van der Waals surface area contributed by atoms with Crippen LogP contribution in [0.1, 0.15) is 17.4 Å². The topological polar surface area (TPSA) is 68.8 Å². The Kier molecular flexibility index (Phi) is 3.90. The minimum atomic E-state index is 0.0858. The Hall–Kier alpha value is -0.510. The number of nitrogens with zero attached hydrogens (tertiary/aromatic N) is 3. The Morgan fingerprint density at radius 2 is 2.50 bits per heavy atom. The number of hydrogen-bond donors (Lipinski definition) is 2. The molecule has 2 aromatic heterocycles. The summed E-state index contributed by atoms with van der Waals surface area (Å²) in [6, 6.07) is 2.22. The van der Waals surface area contributed by atoms with Crippen LogP contribution < -0.4 is 11.3 Å². The fourth-order valence-electron chi connectivity index (χ4n) is 1.47. The molecule has 5 nitrogen and oxygen atoms in total. The van der Waals surface area contributed by atoms with Gasteiger partial charge in [-0.1, -0.05) is 0 Å². The molecule has 0 spiro atoms. The van der Waals surface area contributed by atoms with E-state index >= 15 is 0 Å². The van der Waals surface area contributed by atoms with Crippen molar-refractivity contribution >= 4 is 33.9 Å². The second-order valence-electron chi connectivity index (χ2n) is 3.41. The van der Waals surface area contributed by atoms with E-state index in [0.717, 1.165) is 12.2 Å². The van der Waals surface area contributed by atoms with Crippen LogP contribution in [-0.4, -0.2) is 14.8 Å². The van der Waals surface area contributed by atoms with Gasteiger partial charge in [0.05, 0.1) is 8.93 Å². The van der Waals surface area contributed by atoms with Crippen molar-refractivity contribution in [3.05, 3.63) is 32.0 Å². The molecule has 2 rings (SSSR count). The molecule has 0 aliphatic heterocycles. The maximum Gasteiger partial charge on any atom is 0.138 e. The summed E-state index contributed by atoms with van der Waals surface area (Å²) in [5.74, 6) is 6.50. The summed E-state index contributed by atoms with van der Waals surface area (Å²) >= 11 is 4.02. The van der Waals surface area contributed by atoms with Gasteiger partial charge in [-0.2, -0.15) is 5.10 Å². The molecule has 3 N–H and O–H groups in total. The molecular weight excluding hydrogens is 337 g/mol. The quantitative estimate of drug-likeness (QED) is 0.495. The van der Waals surface area contributed by atoms with E-state index in [0.29, 0.717) is 0 Å². The van der Waals surface area contributed by atoms with E-state index in [1.807, 2.05) is 7.05 Å². The number of rotatable bonds is 4. The molecule has 0 saturated heterocycles. The minimum absolute atomic E-state index is 0.0858. The molecule has 0 saturated carbocycles. The molecule has 0 fully saturated rings. The first-order valence-electron chi connectivity index (χ1n) is 4.73. The highest BCUT2D eigenvalue weighted by atomic mass is 127. The molecule has 0 amide bonds. The molecule has 0 bridgehead atoms. The highest BCUT2D eigenvalue weighted by Crippen LogP contribution is 2.23. The highest BCUT2D eigenvalue weighted by molar-refractivity contribution is 14.1. The van der Waals surface area contributed by atoms with Gasteiger partial charge in [0.2, 0.25) is 0 Å². The second-order valence-corrected chi connectivity index (χ2v) is 6.21. The van der Waals surface area contributed by atoms with Crippen molar-refractivity contribution in [3.63, 3.8) is 0 Å². The largest absolute Gasteiger partial charge is 0.271 e. The lowest BCUT2D eigenvalue weighted by Crippen LogP contribution is -2.30. The monoisotopic (exact) mass is 349 g/mol.